The molecular formula is C54H41N7O. The fourth-order valence-electron chi connectivity index (χ4n) is 8.58. The van der Waals surface area contributed by atoms with Crippen molar-refractivity contribution in [3.05, 3.63) is 199 Å². The van der Waals surface area contributed by atoms with Gasteiger partial charge in [0.25, 0.3) is 0 Å². The number of anilines is 4. The monoisotopic (exact) mass is 803 g/mol. The van der Waals surface area contributed by atoms with E-state index in [4.69, 9.17) is 24.7 Å². The number of nitrogens with zero attached hydrogens (tertiary/aromatic N) is 7. The lowest BCUT2D eigenvalue weighted by Crippen LogP contribution is -2.24. The zero-order chi connectivity index (χ0) is 41.7. The highest BCUT2D eigenvalue weighted by Gasteiger charge is 2.29. The first kappa shape index (κ1) is 36.9. The van der Waals surface area contributed by atoms with Crippen molar-refractivity contribution in [1.29, 1.82) is 0 Å². The molecule has 0 bridgehead atoms. The van der Waals surface area contributed by atoms with Crippen LogP contribution in [0, 0.1) is 20.8 Å². The van der Waals surface area contributed by atoms with Crippen LogP contribution >= 0.6 is 0 Å². The Morgan fingerprint density at radius 2 is 1.10 bits per heavy atom. The van der Waals surface area contributed by atoms with Crippen molar-refractivity contribution in [3.8, 4) is 51.5 Å². The van der Waals surface area contributed by atoms with Crippen molar-refractivity contribution in [2.24, 2.45) is 0 Å². The smallest absolute Gasteiger partial charge is 0.167 e. The summed E-state index contributed by atoms with van der Waals surface area (Å²) in [6, 6.07) is 60.3. The number of pyridine rings is 1. The van der Waals surface area contributed by atoms with Crippen LogP contribution in [0.2, 0.25) is 0 Å². The molecule has 1 aliphatic rings. The van der Waals surface area contributed by atoms with Gasteiger partial charge in [-0.1, -0.05) is 103 Å². The lowest BCUT2D eigenvalue weighted by molar-refractivity contribution is 0.484. The number of ether oxygens (including phenoxy) is 1. The van der Waals surface area contributed by atoms with Gasteiger partial charge in [0.15, 0.2) is 17.5 Å². The molecule has 0 radical (unpaired) electrons. The summed E-state index contributed by atoms with van der Waals surface area (Å²) >= 11 is 0. The molecule has 7 aromatic carbocycles. The predicted molar refractivity (Wildman–Crippen MR) is 251 cm³/mol. The molecule has 0 atom stereocenters. The summed E-state index contributed by atoms with van der Waals surface area (Å²) in [6.45, 7) is 7.23. The van der Waals surface area contributed by atoms with Crippen molar-refractivity contribution in [1.82, 2.24) is 24.5 Å². The SMILES string of the molecule is Cc1cc(N2CN(c3cccc(Oc4cc5c(cc4-c4nc(-c6ccccc6)nc(-c6ccccc6)n4)c4ccccc4n5-c4ccccn4)c3)c3ccccc32)cc(C)c1C. The van der Waals surface area contributed by atoms with Crippen LogP contribution in [0.3, 0.4) is 0 Å². The van der Waals surface area contributed by atoms with Crippen molar-refractivity contribution < 1.29 is 4.74 Å². The second kappa shape index (κ2) is 15.2. The van der Waals surface area contributed by atoms with Gasteiger partial charge < -0.3 is 14.5 Å². The average molecular weight is 804 g/mol. The van der Waals surface area contributed by atoms with E-state index >= 15 is 0 Å². The maximum absolute atomic E-state index is 7.12. The molecular weight excluding hydrogens is 763 g/mol. The maximum Gasteiger partial charge on any atom is 0.167 e. The lowest BCUT2D eigenvalue weighted by atomic mass is 10.0. The molecule has 0 amide bonds. The molecule has 0 N–H and O–H groups in total. The van der Waals surface area contributed by atoms with Crippen molar-refractivity contribution >= 4 is 44.6 Å². The fraction of sp³-hybridized carbons (Fsp3) is 0.0741. The van der Waals surface area contributed by atoms with Gasteiger partial charge >= 0.3 is 0 Å². The number of benzene rings is 7. The van der Waals surface area contributed by atoms with Crippen LogP contribution < -0.4 is 14.5 Å². The first-order chi connectivity index (χ1) is 30.5. The minimum absolute atomic E-state index is 0.508. The van der Waals surface area contributed by atoms with E-state index in [1.54, 1.807) is 0 Å². The van der Waals surface area contributed by atoms with Gasteiger partial charge in [0.2, 0.25) is 0 Å². The van der Waals surface area contributed by atoms with Crippen LogP contribution in [0.4, 0.5) is 22.7 Å². The summed E-state index contributed by atoms with van der Waals surface area (Å²) in [6.07, 6.45) is 1.83. The topological polar surface area (TPSA) is 72.2 Å². The van der Waals surface area contributed by atoms with E-state index in [1.165, 1.54) is 22.4 Å². The molecule has 8 nitrogen and oxygen atoms in total. The Morgan fingerprint density at radius 1 is 0.484 bits per heavy atom. The molecule has 0 aliphatic carbocycles. The van der Waals surface area contributed by atoms with Crippen LogP contribution in [0.15, 0.2) is 182 Å². The number of aryl methyl sites for hydroxylation is 2. The fourth-order valence-corrected chi connectivity index (χ4v) is 8.58. The molecule has 0 fully saturated rings. The standard InChI is InChI=1S/C54H41N7O/c1-35-29-41(30-36(2)37(35)3)60-34-59(47-25-12-13-26-48(47)60)40-21-16-22-42(31-40)62-50-33-49-44(43-23-10-11-24-46(43)61(49)51-27-14-15-28-55-51)32-45(50)54-57-52(38-17-6-4-7-18-38)56-53(58-54)39-19-8-5-9-20-39/h4-33H,34H2,1-3H3. The number of hydrogen-bond donors (Lipinski definition) is 0. The molecule has 0 saturated carbocycles. The van der Waals surface area contributed by atoms with Crippen LogP contribution in [0.5, 0.6) is 11.5 Å². The Labute approximate surface area is 360 Å². The van der Waals surface area contributed by atoms with Crippen LogP contribution in [0.25, 0.3) is 61.8 Å². The van der Waals surface area contributed by atoms with E-state index < -0.39 is 0 Å². The van der Waals surface area contributed by atoms with Crippen molar-refractivity contribution in [2.75, 3.05) is 16.5 Å². The lowest BCUT2D eigenvalue weighted by Gasteiger charge is -2.24. The largest absolute Gasteiger partial charge is 0.456 e. The normalized spacial score (nSPS) is 12.3. The van der Waals surface area contributed by atoms with Crippen LogP contribution in [0.1, 0.15) is 16.7 Å². The van der Waals surface area contributed by atoms with E-state index in [9.17, 15) is 0 Å². The van der Waals surface area contributed by atoms with E-state index in [1.807, 2.05) is 91.1 Å². The molecule has 0 unspecified atom stereocenters. The van der Waals surface area contributed by atoms with Crippen molar-refractivity contribution in [2.45, 2.75) is 20.8 Å². The molecule has 0 saturated heterocycles. The minimum Gasteiger partial charge on any atom is -0.456 e. The third-order valence-corrected chi connectivity index (χ3v) is 11.9. The summed E-state index contributed by atoms with van der Waals surface area (Å²) in [4.78, 5) is 24.9. The zero-order valence-corrected chi connectivity index (χ0v) is 34.6. The van der Waals surface area contributed by atoms with Gasteiger partial charge in [0.1, 0.15) is 24.0 Å². The van der Waals surface area contributed by atoms with E-state index in [-0.39, 0.29) is 0 Å². The number of para-hydroxylation sites is 3. The molecule has 62 heavy (non-hydrogen) atoms. The van der Waals surface area contributed by atoms with E-state index in [0.29, 0.717) is 35.6 Å². The van der Waals surface area contributed by atoms with Gasteiger partial charge in [-0.3, -0.25) is 4.57 Å². The quantitative estimate of drug-likeness (QED) is 0.151. The Morgan fingerprint density at radius 3 is 1.77 bits per heavy atom. The Hall–Kier alpha value is -8.10. The Balaban J connectivity index is 1.08. The molecule has 3 aromatic heterocycles. The average Bonchev–Trinajstić information content (AvgIpc) is 3.87. The van der Waals surface area contributed by atoms with Gasteiger partial charge in [-0.2, -0.15) is 0 Å². The summed E-state index contributed by atoms with van der Waals surface area (Å²) in [7, 11) is 0. The molecule has 4 heterocycles. The van der Waals surface area contributed by atoms with E-state index in [0.717, 1.165) is 61.4 Å². The third-order valence-electron chi connectivity index (χ3n) is 11.9. The summed E-state index contributed by atoms with van der Waals surface area (Å²) < 4.78 is 9.31. The number of fused-ring (bicyclic) bond motifs is 4. The highest BCUT2D eigenvalue weighted by atomic mass is 16.5. The Bertz CT molecular complexity index is 3210. The summed E-state index contributed by atoms with van der Waals surface area (Å²) in [5.41, 5.74) is 12.9. The highest BCUT2D eigenvalue weighted by Crippen LogP contribution is 2.46. The maximum atomic E-state index is 7.12. The molecule has 1 aliphatic heterocycles. The Kier molecular flexibility index (Phi) is 9.04. The van der Waals surface area contributed by atoms with Crippen LogP contribution in [-0.4, -0.2) is 31.2 Å². The third kappa shape index (κ3) is 6.49. The predicted octanol–water partition coefficient (Wildman–Crippen LogP) is 13.3. The zero-order valence-electron chi connectivity index (χ0n) is 34.6. The summed E-state index contributed by atoms with van der Waals surface area (Å²) in [5, 5.41) is 2.11. The van der Waals surface area contributed by atoms with Crippen LogP contribution in [-0.2, 0) is 0 Å². The van der Waals surface area contributed by atoms with Gasteiger partial charge in [0.05, 0.1) is 28.0 Å². The molecule has 0 spiro atoms. The van der Waals surface area contributed by atoms with Gasteiger partial charge in [-0.25, -0.2) is 19.9 Å². The second-order valence-electron chi connectivity index (χ2n) is 15.7. The molecule has 8 heteroatoms. The van der Waals surface area contributed by atoms with Crippen molar-refractivity contribution in [3.63, 3.8) is 0 Å². The van der Waals surface area contributed by atoms with Gasteiger partial charge in [-0.15, -0.1) is 0 Å². The minimum atomic E-state index is 0.508. The first-order valence-electron chi connectivity index (χ1n) is 20.8. The summed E-state index contributed by atoms with van der Waals surface area (Å²) in [5.74, 6) is 3.76. The van der Waals surface area contributed by atoms with E-state index in [2.05, 4.69) is 126 Å². The number of rotatable bonds is 8. The van der Waals surface area contributed by atoms with Gasteiger partial charge in [-0.05, 0) is 98.1 Å². The number of aromatic nitrogens is 5. The molecule has 11 rings (SSSR count). The van der Waals surface area contributed by atoms with Gasteiger partial charge in [0, 0.05) is 51.6 Å². The number of hydrogen-bond acceptors (Lipinski definition) is 7. The first-order valence-corrected chi connectivity index (χ1v) is 20.8. The second-order valence-corrected chi connectivity index (χ2v) is 15.7. The molecule has 10 aromatic rings. The highest BCUT2D eigenvalue weighted by molar-refractivity contribution is 6.11. The molecule has 298 valence electrons.